The van der Waals surface area contributed by atoms with Gasteiger partial charge in [0.2, 0.25) is 0 Å². The van der Waals surface area contributed by atoms with Crippen molar-refractivity contribution in [2.75, 3.05) is 10.6 Å². The lowest BCUT2D eigenvalue weighted by atomic mass is 9.92. The van der Waals surface area contributed by atoms with E-state index < -0.39 is 0 Å². The van der Waals surface area contributed by atoms with Gasteiger partial charge >= 0.3 is 0 Å². The number of hydrogen-bond acceptors (Lipinski definition) is 6. The standard InChI is InChI=1S/C26H35N7O/c1-17-23(25-28-15-16-33(25)32-24(17)30-22-13-9-19(27)10-14-22)29-21-11-7-18(8-12-21)26(34)31-20-5-3-2-4-6-20/h7-8,11-12,15-16,19-20,22,29H,2-6,9-10,13-14,27H2,1H3,(H,30,32)(H,31,34). The van der Waals surface area contributed by atoms with Gasteiger partial charge in [0.1, 0.15) is 0 Å². The molecule has 8 heteroatoms. The molecule has 2 saturated carbocycles. The number of aromatic nitrogens is 3. The fourth-order valence-corrected chi connectivity index (χ4v) is 5.13. The van der Waals surface area contributed by atoms with Crippen molar-refractivity contribution in [2.24, 2.45) is 5.73 Å². The molecule has 3 aromatic rings. The fourth-order valence-electron chi connectivity index (χ4n) is 5.13. The van der Waals surface area contributed by atoms with Crippen LogP contribution in [0.4, 0.5) is 17.2 Å². The van der Waals surface area contributed by atoms with Crippen LogP contribution in [0.3, 0.4) is 0 Å². The van der Waals surface area contributed by atoms with Crippen LogP contribution in [-0.2, 0) is 0 Å². The minimum atomic E-state index is 0.00729. The number of nitrogens with one attached hydrogen (secondary N) is 3. The normalized spacial score (nSPS) is 21.4. The van der Waals surface area contributed by atoms with E-state index in [9.17, 15) is 4.79 Å². The summed E-state index contributed by atoms with van der Waals surface area (Å²) in [6.45, 7) is 2.06. The highest BCUT2D eigenvalue weighted by Crippen LogP contribution is 2.31. The molecule has 0 radical (unpaired) electrons. The Hall–Kier alpha value is -3.13. The van der Waals surface area contributed by atoms with Crippen LogP contribution in [0.2, 0.25) is 0 Å². The molecule has 2 aliphatic rings. The van der Waals surface area contributed by atoms with E-state index >= 15 is 0 Å². The molecule has 0 atom stereocenters. The van der Waals surface area contributed by atoms with Gasteiger partial charge in [-0.05, 0) is 69.7 Å². The zero-order valence-electron chi connectivity index (χ0n) is 19.9. The first-order valence-electron chi connectivity index (χ1n) is 12.6. The molecule has 5 rings (SSSR count). The molecule has 2 aromatic heterocycles. The highest BCUT2D eigenvalue weighted by Gasteiger charge is 2.21. The summed E-state index contributed by atoms with van der Waals surface area (Å²) in [6, 6.07) is 8.65. The number of rotatable bonds is 6. The number of anilines is 3. The summed E-state index contributed by atoms with van der Waals surface area (Å²) < 4.78 is 1.80. The van der Waals surface area contributed by atoms with E-state index in [4.69, 9.17) is 10.8 Å². The quantitative estimate of drug-likeness (QED) is 0.430. The molecule has 0 bridgehead atoms. The Labute approximate surface area is 200 Å². The van der Waals surface area contributed by atoms with Gasteiger partial charge in [-0.15, -0.1) is 5.10 Å². The van der Waals surface area contributed by atoms with Crippen molar-refractivity contribution in [3.05, 3.63) is 47.8 Å². The van der Waals surface area contributed by atoms with Gasteiger partial charge in [-0.2, -0.15) is 0 Å². The molecule has 2 heterocycles. The Morgan fingerprint density at radius 3 is 2.47 bits per heavy atom. The van der Waals surface area contributed by atoms with Gasteiger partial charge in [-0.3, -0.25) is 4.79 Å². The minimum Gasteiger partial charge on any atom is -0.366 e. The van der Waals surface area contributed by atoms with Crippen molar-refractivity contribution in [3.63, 3.8) is 0 Å². The Balaban J connectivity index is 1.32. The third-order valence-electron chi connectivity index (χ3n) is 7.25. The number of fused-ring (bicyclic) bond motifs is 1. The maximum absolute atomic E-state index is 12.7. The number of carbonyl (C=O) groups excluding carboxylic acids is 1. The molecule has 2 fully saturated rings. The van der Waals surface area contributed by atoms with Crippen molar-refractivity contribution in [3.8, 4) is 0 Å². The lowest BCUT2D eigenvalue weighted by molar-refractivity contribution is 0.0927. The minimum absolute atomic E-state index is 0.00729. The summed E-state index contributed by atoms with van der Waals surface area (Å²) in [5.74, 6) is 0.866. The number of benzene rings is 1. The zero-order valence-corrected chi connectivity index (χ0v) is 19.9. The second-order valence-corrected chi connectivity index (χ2v) is 9.81. The number of nitrogens with zero attached hydrogens (tertiary/aromatic N) is 3. The first-order chi connectivity index (χ1) is 16.6. The summed E-state index contributed by atoms with van der Waals surface area (Å²) in [6.07, 6.45) is 13.6. The Bertz CT molecular complexity index is 1130. The smallest absolute Gasteiger partial charge is 0.251 e. The van der Waals surface area contributed by atoms with E-state index in [-0.39, 0.29) is 5.91 Å². The zero-order chi connectivity index (χ0) is 23.5. The summed E-state index contributed by atoms with van der Waals surface area (Å²) in [7, 11) is 0. The van der Waals surface area contributed by atoms with Crippen molar-refractivity contribution in [1.82, 2.24) is 19.9 Å². The molecular weight excluding hydrogens is 426 g/mol. The summed E-state index contributed by atoms with van der Waals surface area (Å²) in [4.78, 5) is 17.2. The largest absolute Gasteiger partial charge is 0.366 e. The van der Waals surface area contributed by atoms with E-state index in [1.807, 2.05) is 30.5 Å². The Morgan fingerprint density at radius 2 is 1.74 bits per heavy atom. The number of imidazole rings is 1. The lowest BCUT2D eigenvalue weighted by Crippen LogP contribution is -2.36. The lowest BCUT2D eigenvalue weighted by Gasteiger charge is -2.28. The van der Waals surface area contributed by atoms with Gasteiger partial charge in [0, 0.05) is 47.3 Å². The highest BCUT2D eigenvalue weighted by atomic mass is 16.1. The average Bonchev–Trinajstić information content (AvgIpc) is 3.32. The Morgan fingerprint density at radius 1 is 1.00 bits per heavy atom. The molecule has 1 aromatic carbocycles. The monoisotopic (exact) mass is 461 g/mol. The number of nitrogens with two attached hydrogens (primary N) is 1. The van der Waals surface area contributed by atoms with E-state index in [1.165, 1.54) is 19.3 Å². The maximum Gasteiger partial charge on any atom is 0.251 e. The van der Waals surface area contributed by atoms with Gasteiger partial charge in [-0.1, -0.05) is 19.3 Å². The van der Waals surface area contributed by atoms with Gasteiger partial charge < -0.3 is 21.7 Å². The third kappa shape index (κ3) is 5.01. The van der Waals surface area contributed by atoms with Crippen LogP contribution in [0.1, 0.15) is 73.7 Å². The second kappa shape index (κ2) is 10.0. The van der Waals surface area contributed by atoms with E-state index in [0.29, 0.717) is 23.7 Å². The molecular formula is C26H35N7O. The van der Waals surface area contributed by atoms with Crippen LogP contribution in [-0.4, -0.2) is 38.6 Å². The average molecular weight is 462 g/mol. The van der Waals surface area contributed by atoms with Crippen LogP contribution in [0.5, 0.6) is 0 Å². The first-order valence-corrected chi connectivity index (χ1v) is 12.6. The fraction of sp³-hybridized carbons (Fsp3) is 0.500. The molecule has 5 N–H and O–H groups in total. The van der Waals surface area contributed by atoms with E-state index in [2.05, 4.69) is 27.9 Å². The summed E-state index contributed by atoms with van der Waals surface area (Å²) in [5.41, 5.74) is 10.4. The van der Waals surface area contributed by atoms with Crippen molar-refractivity contribution in [1.29, 1.82) is 0 Å². The van der Waals surface area contributed by atoms with Crippen LogP contribution in [0, 0.1) is 6.92 Å². The van der Waals surface area contributed by atoms with Gasteiger partial charge in [-0.25, -0.2) is 9.50 Å². The summed E-state index contributed by atoms with van der Waals surface area (Å²) >= 11 is 0. The van der Waals surface area contributed by atoms with Crippen LogP contribution < -0.4 is 21.7 Å². The molecule has 0 saturated heterocycles. The number of amides is 1. The molecule has 34 heavy (non-hydrogen) atoms. The van der Waals surface area contributed by atoms with E-state index in [0.717, 1.165) is 66.9 Å². The number of hydrogen-bond donors (Lipinski definition) is 4. The number of carbonyl (C=O) groups is 1. The van der Waals surface area contributed by atoms with E-state index in [1.54, 1.807) is 10.7 Å². The molecule has 2 aliphatic carbocycles. The van der Waals surface area contributed by atoms with Gasteiger partial charge in [0.15, 0.2) is 11.5 Å². The van der Waals surface area contributed by atoms with Crippen LogP contribution in [0.15, 0.2) is 36.7 Å². The van der Waals surface area contributed by atoms with Crippen LogP contribution in [0.25, 0.3) is 5.65 Å². The molecule has 0 unspecified atom stereocenters. The highest BCUT2D eigenvalue weighted by molar-refractivity contribution is 5.95. The molecule has 180 valence electrons. The summed E-state index contributed by atoms with van der Waals surface area (Å²) in [5, 5.41) is 15.1. The van der Waals surface area contributed by atoms with Gasteiger partial charge in [0.05, 0.1) is 5.69 Å². The SMILES string of the molecule is Cc1c(NC2CCC(N)CC2)nn2ccnc2c1Nc1ccc(C(=O)NC2CCCCC2)cc1. The topological polar surface area (TPSA) is 109 Å². The molecule has 1 amide bonds. The van der Waals surface area contributed by atoms with Crippen molar-refractivity contribution in [2.45, 2.75) is 82.8 Å². The third-order valence-corrected chi connectivity index (χ3v) is 7.25. The second-order valence-electron chi connectivity index (χ2n) is 9.81. The van der Waals surface area contributed by atoms with Crippen LogP contribution >= 0.6 is 0 Å². The molecule has 8 nitrogen and oxygen atoms in total. The predicted molar refractivity (Wildman–Crippen MR) is 136 cm³/mol. The predicted octanol–water partition coefficient (Wildman–Crippen LogP) is 4.53. The van der Waals surface area contributed by atoms with Crippen molar-refractivity contribution < 1.29 is 4.79 Å². The van der Waals surface area contributed by atoms with Crippen molar-refractivity contribution >= 4 is 28.7 Å². The first kappa shape index (κ1) is 22.7. The molecule has 0 spiro atoms. The maximum atomic E-state index is 12.7. The van der Waals surface area contributed by atoms with Gasteiger partial charge in [0.25, 0.3) is 5.91 Å². The molecule has 0 aliphatic heterocycles. The Kier molecular flexibility index (Phi) is 6.67.